The Morgan fingerprint density at radius 3 is 2.12 bits per heavy atom. The molecule has 86 valence electrons. The quantitative estimate of drug-likeness (QED) is 0.798. The summed E-state index contributed by atoms with van der Waals surface area (Å²) in [6.45, 7) is 5.91. The van der Waals surface area contributed by atoms with Crippen molar-refractivity contribution >= 4 is 11.9 Å². The third-order valence-corrected chi connectivity index (χ3v) is 2.38. The van der Waals surface area contributed by atoms with Gasteiger partial charge >= 0.3 is 5.97 Å². The highest BCUT2D eigenvalue weighted by atomic mass is 16.4. The molecule has 0 aromatic heterocycles. The number of nitrogens with two attached hydrogens (primary N) is 1. The zero-order valence-corrected chi connectivity index (χ0v) is 9.57. The van der Waals surface area contributed by atoms with E-state index in [9.17, 15) is 9.59 Å². The highest BCUT2D eigenvalue weighted by Gasteiger charge is 2.20. The Morgan fingerprint density at radius 2 is 1.75 bits per heavy atom. The normalized spacial score (nSPS) is 11.2. The Labute approximate surface area is 94.1 Å². The third-order valence-electron chi connectivity index (χ3n) is 2.38. The van der Waals surface area contributed by atoms with Crippen LogP contribution in [0.1, 0.15) is 47.1 Å². The number of rotatable bonds is 2. The topological polar surface area (TPSA) is 80.4 Å². The molecule has 1 aromatic rings. The van der Waals surface area contributed by atoms with Crippen molar-refractivity contribution in [1.82, 2.24) is 0 Å². The summed E-state index contributed by atoms with van der Waals surface area (Å²) < 4.78 is 0. The summed E-state index contributed by atoms with van der Waals surface area (Å²) in [6.07, 6.45) is 0. The van der Waals surface area contributed by atoms with E-state index in [1.54, 1.807) is 6.07 Å². The van der Waals surface area contributed by atoms with Gasteiger partial charge in [0.1, 0.15) is 0 Å². The largest absolute Gasteiger partial charge is 0.478 e. The Morgan fingerprint density at radius 1 is 1.19 bits per heavy atom. The number of primary amides is 1. The monoisotopic (exact) mass is 221 g/mol. The summed E-state index contributed by atoms with van der Waals surface area (Å²) in [7, 11) is 0. The maximum atomic E-state index is 11.0. The average molecular weight is 221 g/mol. The van der Waals surface area contributed by atoms with Crippen LogP contribution in [0.2, 0.25) is 0 Å². The van der Waals surface area contributed by atoms with E-state index in [4.69, 9.17) is 10.8 Å². The Hall–Kier alpha value is -1.84. The van der Waals surface area contributed by atoms with Crippen LogP contribution in [0.4, 0.5) is 0 Å². The van der Waals surface area contributed by atoms with Gasteiger partial charge < -0.3 is 10.8 Å². The van der Waals surface area contributed by atoms with Gasteiger partial charge in [-0.1, -0.05) is 26.8 Å². The zero-order valence-electron chi connectivity index (χ0n) is 9.57. The summed E-state index contributed by atoms with van der Waals surface area (Å²) in [6, 6.07) is 4.70. The first kappa shape index (κ1) is 12.2. The van der Waals surface area contributed by atoms with E-state index in [2.05, 4.69) is 0 Å². The molecule has 4 nitrogen and oxygen atoms in total. The smallest absolute Gasteiger partial charge is 0.336 e. The molecule has 3 N–H and O–H groups in total. The molecule has 0 fully saturated rings. The van der Waals surface area contributed by atoms with Crippen molar-refractivity contribution in [3.63, 3.8) is 0 Å². The van der Waals surface area contributed by atoms with E-state index in [1.165, 1.54) is 12.1 Å². The number of carboxylic acids is 1. The van der Waals surface area contributed by atoms with E-state index in [-0.39, 0.29) is 16.5 Å². The van der Waals surface area contributed by atoms with Crippen LogP contribution in [-0.4, -0.2) is 17.0 Å². The van der Waals surface area contributed by atoms with Gasteiger partial charge in [0.2, 0.25) is 5.91 Å². The van der Waals surface area contributed by atoms with Gasteiger partial charge in [-0.2, -0.15) is 0 Å². The molecular formula is C12H15NO3. The second-order valence-electron chi connectivity index (χ2n) is 4.68. The van der Waals surface area contributed by atoms with Gasteiger partial charge in [-0.05, 0) is 23.1 Å². The summed E-state index contributed by atoms with van der Waals surface area (Å²) in [4.78, 5) is 22.0. The summed E-state index contributed by atoms with van der Waals surface area (Å²) in [5.41, 5.74) is 5.80. The van der Waals surface area contributed by atoms with E-state index in [1.807, 2.05) is 20.8 Å². The molecule has 4 heteroatoms. The van der Waals surface area contributed by atoms with Crippen molar-refractivity contribution < 1.29 is 14.7 Å². The third kappa shape index (κ3) is 2.39. The van der Waals surface area contributed by atoms with Crippen molar-refractivity contribution in [2.24, 2.45) is 5.73 Å². The molecule has 0 saturated heterocycles. The molecule has 0 aliphatic carbocycles. The molecule has 0 bridgehead atoms. The lowest BCUT2D eigenvalue weighted by Gasteiger charge is -2.20. The lowest BCUT2D eigenvalue weighted by atomic mass is 9.85. The predicted octanol–water partition coefficient (Wildman–Crippen LogP) is 1.78. The maximum absolute atomic E-state index is 11.0. The number of hydrogen-bond donors (Lipinski definition) is 2. The molecule has 0 atom stereocenters. The van der Waals surface area contributed by atoms with E-state index < -0.39 is 11.9 Å². The molecule has 0 unspecified atom stereocenters. The second-order valence-corrected chi connectivity index (χ2v) is 4.68. The van der Waals surface area contributed by atoms with Crippen LogP contribution in [-0.2, 0) is 5.41 Å². The van der Waals surface area contributed by atoms with Crippen molar-refractivity contribution in [3.05, 3.63) is 34.9 Å². The molecular weight excluding hydrogens is 206 g/mol. The number of aromatic carboxylic acids is 1. The number of amides is 1. The van der Waals surface area contributed by atoms with Gasteiger partial charge in [0.25, 0.3) is 0 Å². The minimum atomic E-state index is -1.14. The average Bonchev–Trinajstić information content (AvgIpc) is 2.15. The van der Waals surface area contributed by atoms with Crippen LogP contribution in [0.25, 0.3) is 0 Å². The fraction of sp³-hybridized carbons (Fsp3) is 0.333. The van der Waals surface area contributed by atoms with Crippen LogP contribution in [0, 0.1) is 0 Å². The standard InChI is InChI=1S/C12H15NO3/c1-12(2,3)7-4-5-8(10(13)14)9(6-7)11(15)16/h4-6H,1-3H3,(H2,13,14)(H,15,16). The fourth-order valence-corrected chi connectivity index (χ4v) is 1.40. The van der Waals surface area contributed by atoms with Gasteiger partial charge in [0.05, 0.1) is 11.1 Å². The summed E-state index contributed by atoms with van der Waals surface area (Å²) in [5, 5.41) is 9.00. The van der Waals surface area contributed by atoms with Crippen molar-refractivity contribution in [2.75, 3.05) is 0 Å². The summed E-state index contributed by atoms with van der Waals surface area (Å²) >= 11 is 0. The second kappa shape index (κ2) is 3.96. The van der Waals surface area contributed by atoms with Gasteiger partial charge in [-0.25, -0.2) is 4.79 Å². The van der Waals surface area contributed by atoms with Gasteiger partial charge in [-0.15, -0.1) is 0 Å². The number of carboxylic acid groups (broad SMARTS) is 1. The minimum Gasteiger partial charge on any atom is -0.478 e. The molecule has 0 radical (unpaired) electrons. The molecule has 1 aromatic carbocycles. The number of hydrogen-bond acceptors (Lipinski definition) is 2. The lowest BCUT2D eigenvalue weighted by Crippen LogP contribution is -2.19. The lowest BCUT2D eigenvalue weighted by molar-refractivity contribution is 0.0692. The molecule has 0 heterocycles. The molecule has 16 heavy (non-hydrogen) atoms. The minimum absolute atomic E-state index is 0.0417. The van der Waals surface area contributed by atoms with Gasteiger partial charge in [-0.3, -0.25) is 4.79 Å². The van der Waals surface area contributed by atoms with E-state index >= 15 is 0 Å². The zero-order chi connectivity index (χ0) is 12.5. The predicted molar refractivity (Wildman–Crippen MR) is 60.6 cm³/mol. The van der Waals surface area contributed by atoms with Crippen molar-refractivity contribution in [1.29, 1.82) is 0 Å². The maximum Gasteiger partial charge on any atom is 0.336 e. The van der Waals surface area contributed by atoms with Crippen LogP contribution < -0.4 is 5.73 Å². The highest BCUT2D eigenvalue weighted by molar-refractivity contribution is 6.04. The van der Waals surface area contributed by atoms with Crippen LogP contribution in [0.15, 0.2) is 18.2 Å². The first-order valence-corrected chi connectivity index (χ1v) is 4.91. The number of benzene rings is 1. The molecule has 1 rings (SSSR count). The molecule has 0 aliphatic heterocycles. The van der Waals surface area contributed by atoms with E-state index in [0.717, 1.165) is 5.56 Å². The fourth-order valence-electron chi connectivity index (χ4n) is 1.40. The van der Waals surface area contributed by atoms with Gasteiger partial charge in [0.15, 0.2) is 0 Å². The molecule has 0 saturated carbocycles. The Kier molecular flexibility index (Phi) is 3.03. The highest BCUT2D eigenvalue weighted by Crippen LogP contribution is 2.24. The Bertz CT molecular complexity index is 444. The SMILES string of the molecule is CC(C)(C)c1ccc(C(N)=O)c(C(=O)O)c1. The van der Waals surface area contributed by atoms with Gasteiger partial charge in [0, 0.05) is 0 Å². The first-order valence-electron chi connectivity index (χ1n) is 4.91. The van der Waals surface area contributed by atoms with E-state index in [0.29, 0.717) is 0 Å². The number of carbonyl (C=O) groups is 2. The Balaban J connectivity index is 3.40. The van der Waals surface area contributed by atoms with Crippen LogP contribution >= 0.6 is 0 Å². The molecule has 0 spiro atoms. The molecule has 0 aliphatic rings. The first-order chi connectivity index (χ1) is 7.23. The molecule has 1 amide bonds. The number of carbonyl (C=O) groups excluding carboxylic acids is 1. The van der Waals surface area contributed by atoms with Crippen molar-refractivity contribution in [2.45, 2.75) is 26.2 Å². The van der Waals surface area contributed by atoms with Crippen LogP contribution in [0.5, 0.6) is 0 Å². The summed E-state index contributed by atoms with van der Waals surface area (Å²) in [5.74, 6) is -1.86. The van der Waals surface area contributed by atoms with Crippen molar-refractivity contribution in [3.8, 4) is 0 Å². The van der Waals surface area contributed by atoms with Crippen LogP contribution in [0.3, 0.4) is 0 Å².